The number of nitrogens with zero attached hydrogens (tertiary/aromatic N) is 2. The molecule has 0 radical (unpaired) electrons. The van der Waals surface area contributed by atoms with Crippen LogP contribution in [0.25, 0.3) is 0 Å². The van der Waals surface area contributed by atoms with Gasteiger partial charge in [-0.15, -0.1) is 0 Å². The topological polar surface area (TPSA) is 170 Å². The standard InChI is InChI=1S/C5H6N2O.H4O7P2/c8-4-5-6-2-1-3-7-5;1-8(2,3)7-9(4,5)6/h1-3,8H,4H2;(H2,1,2,3)(H2,4,5,6). The molecule has 0 saturated carbocycles. The van der Waals surface area contributed by atoms with Gasteiger partial charge in [0.2, 0.25) is 0 Å². The first-order chi connectivity index (χ1) is 7.64. The smallest absolute Gasteiger partial charge is 0.388 e. The van der Waals surface area contributed by atoms with Gasteiger partial charge in [0.1, 0.15) is 6.61 Å². The lowest BCUT2D eigenvalue weighted by Crippen LogP contribution is -1.90. The van der Waals surface area contributed by atoms with E-state index in [0.29, 0.717) is 5.82 Å². The Morgan fingerprint density at radius 2 is 1.47 bits per heavy atom. The molecule has 0 unspecified atom stereocenters. The van der Waals surface area contributed by atoms with Gasteiger partial charge in [-0.2, -0.15) is 4.31 Å². The van der Waals surface area contributed by atoms with E-state index in [0.717, 1.165) is 0 Å². The average molecular weight is 288 g/mol. The zero-order valence-corrected chi connectivity index (χ0v) is 9.98. The predicted molar refractivity (Wildman–Crippen MR) is 53.1 cm³/mol. The van der Waals surface area contributed by atoms with Crippen molar-refractivity contribution in [1.82, 2.24) is 9.97 Å². The van der Waals surface area contributed by atoms with Crippen LogP contribution in [0.2, 0.25) is 0 Å². The molecule has 0 aliphatic rings. The van der Waals surface area contributed by atoms with E-state index < -0.39 is 15.6 Å². The first-order valence-corrected chi connectivity index (χ1v) is 6.89. The molecule has 1 rings (SSSR count). The van der Waals surface area contributed by atoms with Crippen LogP contribution < -0.4 is 0 Å². The number of aliphatic hydroxyl groups is 1. The van der Waals surface area contributed by atoms with Crippen LogP contribution in [0.4, 0.5) is 0 Å². The first kappa shape index (κ1) is 16.3. The number of rotatable bonds is 3. The summed E-state index contributed by atoms with van der Waals surface area (Å²) in [4.78, 5) is 38.5. The molecule has 0 atom stereocenters. The van der Waals surface area contributed by atoms with Gasteiger partial charge in [0.15, 0.2) is 5.82 Å². The molecule has 0 aliphatic heterocycles. The summed E-state index contributed by atoms with van der Waals surface area (Å²) in [6.45, 7) is -0.0825. The number of aromatic nitrogens is 2. The van der Waals surface area contributed by atoms with Crippen LogP contribution in [0.5, 0.6) is 0 Å². The fraction of sp³-hybridized carbons (Fsp3) is 0.200. The van der Waals surface area contributed by atoms with Crippen LogP contribution in [-0.2, 0) is 20.0 Å². The highest BCUT2D eigenvalue weighted by molar-refractivity contribution is 7.60. The molecule has 98 valence electrons. The van der Waals surface area contributed by atoms with Crippen molar-refractivity contribution in [3.05, 3.63) is 24.3 Å². The van der Waals surface area contributed by atoms with Gasteiger partial charge in [-0.3, -0.25) is 0 Å². The summed E-state index contributed by atoms with van der Waals surface area (Å²) in [6, 6.07) is 1.71. The zero-order chi connectivity index (χ0) is 13.5. The highest BCUT2D eigenvalue weighted by atomic mass is 31.3. The Kier molecular flexibility index (Phi) is 6.61. The fourth-order valence-electron chi connectivity index (χ4n) is 0.550. The van der Waals surface area contributed by atoms with E-state index in [-0.39, 0.29) is 6.61 Å². The van der Waals surface area contributed by atoms with Crippen molar-refractivity contribution in [3.63, 3.8) is 0 Å². The molecule has 1 aromatic rings. The van der Waals surface area contributed by atoms with Crippen LogP contribution in [0.3, 0.4) is 0 Å². The van der Waals surface area contributed by atoms with Crippen LogP contribution >= 0.6 is 15.6 Å². The first-order valence-electron chi connectivity index (χ1n) is 3.83. The van der Waals surface area contributed by atoms with E-state index in [1.807, 2.05) is 0 Å². The molecular weight excluding hydrogens is 278 g/mol. The second kappa shape index (κ2) is 6.90. The molecule has 0 saturated heterocycles. The molecule has 0 aromatic carbocycles. The van der Waals surface area contributed by atoms with Gasteiger partial charge in [0, 0.05) is 12.4 Å². The number of hydrogen-bond donors (Lipinski definition) is 5. The monoisotopic (exact) mass is 288 g/mol. The Morgan fingerprint density at radius 3 is 1.65 bits per heavy atom. The maximum absolute atomic E-state index is 9.63. The van der Waals surface area contributed by atoms with E-state index in [9.17, 15) is 9.13 Å². The second-order valence-corrected chi connectivity index (χ2v) is 5.00. The Morgan fingerprint density at radius 1 is 1.06 bits per heavy atom. The van der Waals surface area contributed by atoms with Gasteiger partial charge in [-0.05, 0) is 6.07 Å². The third kappa shape index (κ3) is 11.6. The van der Waals surface area contributed by atoms with Crippen molar-refractivity contribution in [1.29, 1.82) is 0 Å². The third-order valence-corrected chi connectivity index (χ3v) is 2.68. The van der Waals surface area contributed by atoms with E-state index in [1.165, 1.54) is 0 Å². The van der Waals surface area contributed by atoms with Crippen LogP contribution in [-0.4, -0.2) is 34.6 Å². The Bertz CT molecular complexity index is 393. The molecule has 0 bridgehead atoms. The minimum Gasteiger partial charge on any atom is -0.388 e. The number of aliphatic hydroxyl groups excluding tert-OH is 1. The summed E-state index contributed by atoms with van der Waals surface area (Å²) in [5.41, 5.74) is 0. The summed E-state index contributed by atoms with van der Waals surface area (Å²) in [5, 5.41) is 8.41. The minimum atomic E-state index is -5.05. The summed E-state index contributed by atoms with van der Waals surface area (Å²) < 4.78 is 22.2. The highest BCUT2D eigenvalue weighted by Crippen LogP contribution is 2.53. The van der Waals surface area contributed by atoms with Crippen molar-refractivity contribution < 1.29 is 38.1 Å². The van der Waals surface area contributed by atoms with Crippen molar-refractivity contribution >= 4 is 15.6 Å². The van der Waals surface area contributed by atoms with Crippen LogP contribution in [0.1, 0.15) is 5.82 Å². The van der Waals surface area contributed by atoms with Gasteiger partial charge in [-0.1, -0.05) is 0 Å². The highest BCUT2D eigenvalue weighted by Gasteiger charge is 2.27. The molecule has 0 amide bonds. The fourth-order valence-corrected chi connectivity index (χ4v) is 1.66. The molecular formula is C5H10N2O8P2. The minimum absolute atomic E-state index is 0.0825. The van der Waals surface area contributed by atoms with Gasteiger partial charge in [0.25, 0.3) is 0 Å². The summed E-state index contributed by atoms with van der Waals surface area (Å²) in [6.07, 6.45) is 3.19. The number of phosphoric acid groups is 2. The van der Waals surface area contributed by atoms with E-state index >= 15 is 0 Å². The van der Waals surface area contributed by atoms with Crippen LogP contribution in [0.15, 0.2) is 18.5 Å². The molecule has 1 aromatic heterocycles. The summed E-state index contributed by atoms with van der Waals surface area (Å²) in [5.74, 6) is 0.465. The maximum Gasteiger partial charge on any atom is 0.478 e. The second-order valence-electron chi connectivity index (χ2n) is 2.39. The SMILES string of the molecule is O=P(O)(O)OP(=O)(O)O.OCc1ncccn1. The van der Waals surface area contributed by atoms with Crippen molar-refractivity contribution in [2.45, 2.75) is 6.61 Å². The molecule has 5 N–H and O–H groups in total. The van der Waals surface area contributed by atoms with E-state index in [2.05, 4.69) is 14.3 Å². The van der Waals surface area contributed by atoms with E-state index in [1.54, 1.807) is 18.5 Å². The Hall–Kier alpha value is -0.700. The summed E-state index contributed by atoms with van der Waals surface area (Å²) >= 11 is 0. The number of hydrogen-bond acceptors (Lipinski definition) is 6. The van der Waals surface area contributed by atoms with Gasteiger partial charge < -0.3 is 24.7 Å². The lowest BCUT2D eigenvalue weighted by atomic mass is 10.6. The quantitative estimate of drug-likeness (QED) is 0.441. The maximum atomic E-state index is 9.63. The van der Waals surface area contributed by atoms with Gasteiger partial charge >= 0.3 is 15.6 Å². The van der Waals surface area contributed by atoms with Crippen LogP contribution in [0, 0.1) is 0 Å². The molecule has 17 heavy (non-hydrogen) atoms. The average Bonchev–Trinajstić information content (AvgIpc) is 2.14. The Labute approximate surface area is 95.4 Å². The molecule has 0 fully saturated rings. The van der Waals surface area contributed by atoms with Crippen molar-refractivity contribution in [2.75, 3.05) is 0 Å². The van der Waals surface area contributed by atoms with Crippen molar-refractivity contribution in [3.8, 4) is 0 Å². The Balaban J connectivity index is 0.000000302. The summed E-state index contributed by atoms with van der Waals surface area (Å²) in [7, 11) is -10.1. The van der Waals surface area contributed by atoms with E-state index in [4.69, 9.17) is 24.7 Å². The lowest BCUT2D eigenvalue weighted by Gasteiger charge is -2.03. The predicted octanol–water partition coefficient (Wildman–Crippen LogP) is -0.843. The molecule has 1 heterocycles. The van der Waals surface area contributed by atoms with Crippen molar-refractivity contribution in [2.24, 2.45) is 0 Å². The third-order valence-electron chi connectivity index (χ3n) is 0.973. The normalized spacial score (nSPS) is 11.6. The molecule has 12 heteroatoms. The lowest BCUT2D eigenvalue weighted by molar-refractivity contribution is 0.225. The zero-order valence-electron chi connectivity index (χ0n) is 8.19. The van der Waals surface area contributed by atoms with Gasteiger partial charge in [0.05, 0.1) is 0 Å². The largest absolute Gasteiger partial charge is 0.478 e. The van der Waals surface area contributed by atoms with Gasteiger partial charge in [-0.25, -0.2) is 19.1 Å². The molecule has 10 nitrogen and oxygen atoms in total. The molecule has 0 spiro atoms. The molecule has 0 aliphatic carbocycles.